The van der Waals surface area contributed by atoms with Gasteiger partial charge >= 0.3 is 0 Å². The molecule has 1 saturated carbocycles. The minimum Gasteiger partial charge on any atom is -0.314 e. The minimum atomic E-state index is 0.640. The zero-order valence-electron chi connectivity index (χ0n) is 12.5. The molecule has 2 fully saturated rings. The molecular weight excluding hydrogens is 220 g/mol. The average Bonchev–Trinajstić information content (AvgIpc) is 2.97. The molecule has 0 radical (unpaired) electrons. The van der Waals surface area contributed by atoms with Crippen LogP contribution in [0, 0.1) is 11.8 Å². The fraction of sp³-hybridized carbons (Fsp3) is 1.00. The molecule has 18 heavy (non-hydrogen) atoms. The molecule has 1 saturated heterocycles. The number of rotatable bonds is 7. The Labute approximate surface area is 114 Å². The molecule has 0 aromatic carbocycles. The van der Waals surface area contributed by atoms with E-state index in [1.807, 2.05) is 0 Å². The first-order chi connectivity index (χ1) is 8.74. The molecule has 1 unspecified atom stereocenters. The Balaban J connectivity index is 1.52. The predicted octanol–water partition coefficient (Wildman–Crippen LogP) is 3.28. The summed E-state index contributed by atoms with van der Waals surface area (Å²) in [4.78, 5) is 2.70. The van der Waals surface area contributed by atoms with E-state index in [0.717, 1.165) is 11.8 Å². The quantitative estimate of drug-likeness (QED) is 0.748. The smallest absolute Gasteiger partial charge is 0.00223 e. The van der Waals surface area contributed by atoms with Crippen molar-refractivity contribution in [3.8, 4) is 0 Å². The van der Waals surface area contributed by atoms with Crippen molar-refractivity contribution in [3.63, 3.8) is 0 Å². The van der Waals surface area contributed by atoms with E-state index in [4.69, 9.17) is 0 Å². The van der Waals surface area contributed by atoms with Crippen LogP contribution in [-0.2, 0) is 0 Å². The number of hydrogen-bond donors (Lipinski definition) is 1. The molecule has 1 aliphatic carbocycles. The maximum Gasteiger partial charge on any atom is 0.00223 e. The van der Waals surface area contributed by atoms with E-state index < -0.39 is 0 Å². The van der Waals surface area contributed by atoms with Crippen molar-refractivity contribution in [2.75, 3.05) is 26.2 Å². The molecule has 2 rings (SSSR count). The highest BCUT2D eigenvalue weighted by atomic mass is 15.1. The van der Waals surface area contributed by atoms with Crippen LogP contribution in [-0.4, -0.2) is 37.1 Å². The van der Waals surface area contributed by atoms with Crippen molar-refractivity contribution in [1.29, 1.82) is 0 Å². The molecular formula is C16H32N2. The van der Waals surface area contributed by atoms with Crippen molar-refractivity contribution in [2.45, 2.75) is 64.8 Å². The first kappa shape index (κ1) is 14.3. The molecule has 0 aromatic heterocycles. The highest BCUT2D eigenvalue weighted by Crippen LogP contribution is 2.28. The van der Waals surface area contributed by atoms with E-state index in [-0.39, 0.29) is 0 Å². The summed E-state index contributed by atoms with van der Waals surface area (Å²) < 4.78 is 0. The first-order valence-electron chi connectivity index (χ1n) is 8.20. The lowest BCUT2D eigenvalue weighted by atomic mass is 10.0. The van der Waals surface area contributed by atoms with Crippen molar-refractivity contribution >= 4 is 0 Å². The molecule has 2 heteroatoms. The summed E-state index contributed by atoms with van der Waals surface area (Å²) >= 11 is 0. The van der Waals surface area contributed by atoms with Gasteiger partial charge in [0.1, 0.15) is 0 Å². The molecule has 0 amide bonds. The predicted molar refractivity (Wildman–Crippen MR) is 78.9 cm³/mol. The van der Waals surface area contributed by atoms with Gasteiger partial charge in [0.05, 0.1) is 0 Å². The number of nitrogens with one attached hydrogen (secondary N) is 1. The van der Waals surface area contributed by atoms with Gasteiger partial charge in [0.2, 0.25) is 0 Å². The van der Waals surface area contributed by atoms with Crippen molar-refractivity contribution in [3.05, 3.63) is 0 Å². The number of nitrogens with zero attached hydrogens (tertiary/aromatic N) is 1. The summed E-state index contributed by atoms with van der Waals surface area (Å²) in [5, 5.41) is 3.58. The summed E-state index contributed by atoms with van der Waals surface area (Å²) in [6.07, 6.45) is 10.4. The standard InChI is InChI=1S/C16H32N2/c1-14(2)17-12-16-9-11-18(13-16)10-5-8-15-6-3-4-7-15/h14-17H,3-13H2,1-2H3. The Bertz CT molecular complexity index is 221. The van der Waals surface area contributed by atoms with Gasteiger partial charge in [-0.05, 0) is 50.7 Å². The SMILES string of the molecule is CC(C)NCC1CCN(CCCC2CCCC2)C1. The highest BCUT2D eigenvalue weighted by Gasteiger charge is 2.22. The van der Waals surface area contributed by atoms with E-state index in [1.165, 1.54) is 71.1 Å². The van der Waals surface area contributed by atoms with Gasteiger partial charge in [-0.3, -0.25) is 0 Å². The van der Waals surface area contributed by atoms with Crippen molar-refractivity contribution < 1.29 is 0 Å². The van der Waals surface area contributed by atoms with Crippen LogP contribution in [0.5, 0.6) is 0 Å². The molecule has 2 nitrogen and oxygen atoms in total. The zero-order valence-corrected chi connectivity index (χ0v) is 12.5. The molecule has 0 spiro atoms. The van der Waals surface area contributed by atoms with Gasteiger partial charge in [0.25, 0.3) is 0 Å². The third kappa shape index (κ3) is 4.89. The molecule has 1 aliphatic heterocycles. The van der Waals surface area contributed by atoms with E-state index in [0.29, 0.717) is 6.04 Å². The van der Waals surface area contributed by atoms with Gasteiger partial charge in [-0.25, -0.2) is 0 Å². The van der Waals surface area contributed by atoms with E-state index in [1.54, 1.807) is 0 Å². The molecule has 106 valence electrons. The second-order valence-corrected chi connectivity index (χ2v) is 6.81. The van der Waals surface area contributed by atoms with Crippen LogP contribution in [0.25, 0.3) is 0 Å². The van der Waals surface area contributed by atoms with Gasteiger partial charge in [-0.15, -0.1) is 0 Å². The van der Waals surface area contributed by atoms with Gasteiger partial charge in [0.15, 0.2) is 0 Å². The number of hydrogen-bond acceptors (Lipinski definition) is 2. The Morgan fingerprint density at radius 1 is 1.11 bits per heavy atom. The van der Waals surface area contributed by atoms with E-state index in [9.17, 15) is 0 Å². The molecule has 1 atom stereocenters. The normalized spacial score (nSPS) is 26.5. The summed E-state index contributed by atoms with van der Waals surface area (Å²) in [6, 6.07) is 0.640. The molecule has 2 aliphatic rings. The van der Waals surface area contributed by atoms with Crippen LogP contribution in [0.15, 0.2) is 0 Å². The third-order valence-corrected chi connectivity index (χ3v) is 4.75. The summed E-state index contributed by atoms with van der Waals surface area (Å²) in [6.45, 7) is 9.74. The van der Waals surface area contributed by atoms with Crippen LogP contribution in [0.3, 0.4) is 0 Å². The van der Waals surface area contributed by atoms with E-state index in [2.05, 4.69) is 24.1 Å². The van der Waals surface area contributed by atoms with Crippen LogP contribution in [0.2, 0.25) is 0 Å². The van der Waals surface area contributed by atoms with Gasteiger partial charge in [-0.1, -0.05) is 39.5 Å². The van der Waals surface area contributed by atoms with Gasteiger partial charge in [0, 0.05) is 12.6 Å². The van der Waals surface area contributed by atoms with Gasteiger partial charge < -0.3 is 10.2 Å². The summed E-state index contributed by atoms with van der Waals surface area (Å²) in [7, 11) is 0. The van der Waals surface area contributed by atoms with Crippen LogP contribution >= 0.6 is 0 Å². The maximum absolute atomic E-state index is 3.58. The third-order valence-electron chi connectivity index (χ3n) is 4.75. The average molecular weight is 252 g/mol. The fourth-order valence-electron chi connectivity index (χ4n) is 3.59. The first-order valence-corrected chi connectivity index (χ1v) is 8.20. The largest absolute Gasteiger partial charge is 0.314 e. The lowest BCUT2D eigenvalue weighted by Gasteiger charge is -2.18. The topological polar surface area (TPSA) is 15.3 Å². The lowest BCUT2D eigenvalue weighted by Crippen LogP contribution is -2.31. The molecule has 0 bridgehead atoms. The minimum absolute atomic E-state index is 0.640. The highest BCUT2D eigenvalue weighted by molar-refractivity contribution is 4.78. The monoisotopic (exact) mass is 252 g/mol. The molecule has 0 aromatic rings. The molecule has 1 N–H and O–H groups in total. The zero-order chi connectivity index (χ0) is 12.8. The van der Waals surface area contributed by atoms with Crippen LogP contribution < -0.4 is 5.32 Å². The number of likely N-dealkylation sites (tertiary alicyclic amines) is 1. The van der Waals surface area contributed by atoms with Crippen LogP contribution in [0.1, 0.15) is 58.8 Å². The molecule has 1 heterocycles. The van der Waals surface area contributed by atoms with Crippen molar-refractivity contribution in [2.24, 2.45) is 11.8 Å². The summed E-state index contributed by atoms with van der Waals surface area (Å²) in [5.74, 6) is 1.98. The Kier molecular flexibility index (Phi) is 5.97. The fourth-order valence-corrected chi connectivity index (χ4v) is 3.59. The Morgan fingerprint density at radius 3 is 2.61 bits per heavy atom. The second-order valence-electron chi connectivity index (χ2n) is 6.81. The second kappa shape index (κ2) is 7.49. The van der Waals surface area contributed by atoms with E-state index >= 15 is 0 Å². The van der Waals surface area contributed by atoms with Gasteiger partial charge in [-0.2, -0.15) is 0 Å². The summed E-state index contributed by atoms with van der Waals surface area (Å²) in [5.41, 5.74) is 0. The lowest BCUT2D eigenvalue weighted by molar-refractivity contribution is 0.301. The Hall–Kier alpha value is -0.0800. The van der Waals surface area contributed by atoms with Crippen molar-refractivity contribution in [1.82, 2.24) is 10.2 Å². The van der Waals surface area contributed by atoms with Crippen LogP contribution in [0.4, 0.5) is 0 Å². The maximum atomic E-state index is 3.58. The Morgan fingerprint density at radius 2 is 1.89 bits per heavy atom.